The molecule has 2 aliphatic heterocycles. The van der Waals surface area contributed by atoms with Crippen molar-refractivity contribution >= 4 is 34.6 Å². The molecule has 0 radical (unpaired) electrons. The van der Waals surface area contributed by atoms with Crippen molar-refractivity contribution in [2.24, 2.45) is 0 Å². The first-order valence-corrected chi connectivity index (χ1v) is 14.8. The third-order valence-corrected chi connectivity index (χ3v) is 9.94. The number of hydrogen-bond donors (Lipinski definition) is 1. The van der Waals surface area contributed by atoms with E-state index < -0.39 is 11.6 Å². The van der Waals surface area contributed by atoms with Gasteiger partial charge in [0.1, 0.15) is 18.4 Å². The lowest BCUT2D eigenvalue weighted by Crippen LogP contribution is -3.00. The fourth-order valence-electron chi connectivity index (χ4n) is 6.05. The molecular weight excluding hydrogens is 602 g/mol. The Morgan fingerprint density at radius 1 is 1.03 bits per heavy atom. The van der Waals surface area contributed by atoms with Gasteiger partial charge in [-0.05, 0) is 41.9 Å². The Morgan fingerprint density at radius 2 is 1.67 bits per heavy atom. The van der Waals surface area contributed by atoms with Crippen LogP contribution in [-0.2, 0) is 31.2 Å². The molecule has 2 bridgehead atoms. The van der Waals surface area contributed by atoms with E-state index in [4.69, 9.17) is 14.2 Å². The largest absolute Gasteiger partial charge is 1.00 e. The van der Waals surface area contributed by atoms with E-state index in [2.05, 4.69) is 13.1 Å². The predicted molar refractivity (Wildman–Crippen MR) is 146 cm³/mol. The zero-order chi connectivity index (χ0) is 26.8. The van der Waals surface area contributed by atoms with Crippen LogP contribution in [0.5, 0.6) is 5.75 Å². The zero-order valence-corrected chi connectivity index (χ0v) is 25.3. The van der Waals surface area contributed by atoms with Crippen molar-refractivity contribution in [2.45, 2.75) is 62.9 Å². The summed E-state index contributed by atoms with van der Waals surface area (Å²) in [4.78, 5) is 26.3. The van der Waals surface area contributed by atoms with Gasteiger partial charge < -0.3 is 40.8 Å². The van der Waals surface area contributed by atoms with Gasteiger partial charge in [0.2, 0.25) is 5.60 Å². The number of ether oxygens (including phenoxy) is 3. The van der Waals surface area contributed by atoms with E-state index in [1.54, 1.807) is 19.1 Å². The van der Waals surface area contributed by atoms with Crippen molar-refractivity contribution in [3.8, 4) is 5.75 Å². The van der Waals surface area contributed by atoms with Gasteiger partial charge in [0.15, 0.2) is 6.61 Å². The van der Waals surface area contributed by atoms with Crippen LogP contribution in [0.4, 0.5) is 0 Å². The molecule has 7 nitrogen and oxygen atoms in total. The smallest absolute Gasteiger partial charge is 0.349 e. The molecule has 10 heteroatoms. The topological polar surface area (TPSA) is 82.1 Å². The van der Waals surface area contributed by atoms with Crippen molar-refractivity contribution in [3.63, 3.8) is 0 Å². The van der Waals surface area contributed by atoms with Gasteiger partial charge in [0, 0.05) is 31.2 Å². The fourth-order valence-corrected chi connectivity index (χ4v) is 7.76. The Hall–Kier alpha value is -2.24. The molecule has 4 heterocycles. The highest BCUT2D eigenvalue weighted by molar-refractivity contribution is 7.12. The van der Waals surface area contributed by atoms with Crippen molar-refractivity contribution in [1.29, 1.82) is 0 Å². The van der Waals surface area contributed by atoms with Gasteiger partial charge in [-0.3, -0.25) is 0 Å². The number of hydrogen-bond acceptors (Lipinski definition) is 8. The minimum Gasteiger partial charge on any atom is -1.00 e. The van der Waals surface area contributed by atoms with E-state index in [0.29, 0.717) is 34.2 Å². The number of halogens is 1. The minimum atomic E-state index is -1.78. The van der Waals surface area contributed by atoms with Crippen molar-refractivity contribution in [3.05, 3.63) is 74.6 Å². The molecule has 4 atom stereocenters. The molecule has 1 N–H and O–H groups in total. The van der Waals surface area contributed by atoms with Crippen LogP contribution in [-0.4, -0.2) is 60.0 Å². The molecule has 2 fully saturated rings. The maximum absolute atomic E-state index is 13.5. The molecular formula is C29H34BrNO6S2. The number of carbonyl (C=O) groups excluding carboxylic acids is 2. The molecule has 3 aromatic rings. The quantitative estimate of drug-likeness (QED) is 0.271. The average molecular weight is 637 g/mol. The second kappa shape index (κ2) is 12.5. The van der Waals surface area contributed by atoms with Crippen LogP contribution in [0, 0.1) is 0 Å². The van der Waals surface area contributed by atoms with Crippen LogP contribution in [0.2, 0.25) is 0 Å². The predicted octanol–water partition coefficient (Wildman–Crippen LogP) is 1.87. The molecule has 210 valence electrons. The summed E-state index contributed by atoms with van der Waals surface area (Å²) in [5, 5.41) is 15.3. The molecule has 0 aliphatic carbocycles. The number of benzene rings is 1. The van der Waals surface area contributed by atoms with Crippen LogP contribution in [0.1, 0.15) is 47.9 Å². The summed E-state index contributed by atoms with van der Waals surface area (Å²) in [5.41, 5.74) is -0.632. The average Bonchev–Trinajstić information content (AvgIpc) is 3.65. The van der Waals surface area contributed by atoms with E-state index >= 15 is 0 Å². The SMILES string of the molecule is CCOC(=O)COc1cccc(C[N+]2(C)[C@@H]3CC[C@H]2CC(OC(=O)C(O)(c2cccs2)c2cccs2)C3)c1.[Br-]. The summed E-state index contributed by atoms with van der Waals surface area (Å²) in [5.74, 6) is -0.314. The van der Waals surface area contributed by atoms with E-state index in [9.17, 15) is 14.7 Å². The Kier molecular flexibility index (Phi) is 9.54. The Balaban J connectivity index is 0.00000353. The van der Waals surface area contributed by atoms with Crippen LogP contribution in [0.25, 0.3) is 0 Å². The number of piperidine rings is 1. The van der Waals surface area contributed by atoms with Gasteiger partial charge in [0.25, 0.3) is 0 Å². The molecule has 5 rings (SSSR count). The maximum atomic E-state index is 13.5. The highest BCUT2D eigenvalue weighted by Gasteiger charge is 2.54. The number of thiophene rings is 2. The van der Waals surface area contributed by atoms with E-state index in [-0.39, 0.29) is 35.7 Å². The number of aliphatic hydroxyl groups is 1. The van der Waals surface area contributed by atoms with Gasteiger partial charge in [-0.2, -0.15) is 0 Å². The maximum Gasteiger partial charge on any atom is 0.349 e. The Morgan fingerprint density at radius 3 is 2.23 bits per heavy atom. The summed E-state index contributed by atoms with van der Waals surface area (Å²) in [6.07, 6.45) is 3.46. The molecule has 0 saturated carbocycles. The van der Waals surface area contributed by atoms with Gasteiger partial charge in [-0.15, -0.1) is 22.7 Å². The summed E-state index contributed by atoms with van der Waals surface area (Å²) >= 11 is 2.72. The first-order chi connectivity index (χ1) is 18.3. The number of quaternary nitrogens is 1. The highest BCUT2D eigenvalue weighted by atomic mass is 79.9. The summed E-state index contributed by atoms with van der Waals surface area (Å²) in [7, 11) is 2.29. The van der Waals surface area contributed by atoms with Crippen LogP contribution < -0.4 is 21.7 Å². The number of nitrogens with zero attached hydrogens (tertiary/aromatic N) is 1. The van der Waals surface area contributed by atoms with E-state index in [1.807, 2.05) is 41.1 Å². The molecule has 39 heavy (non-hydrogen) atoms. The fraction of sp³-hybridized carbons (Fsp3) is 0.448. The molecule has 2 aliphatic rings. The number of carbonyl (C=O) groups is 2. The van der Waals surface area contributed by atoms with Crippen molar-refractivity contribution < 1.29 is 50.4 Å². The zero-order valence-electron chi connectivity index (χ0n) is 22.1. The van der Waals surface area contributed by atoms with Crippen LogP contribution >= 0.6 is 22.7 Å². The number of esters is 2. The second-order valence-electron chi connectivity index (χ2n) is 10.3. The lowest BCUT2D eigenvalue weighted by Gasteiger charge is -2.47. The standard InChI is InChI=1S/C29H34NO6S2.BrH/c1-3-34-27(31)19-35-23-8-4-7-20(15-23)18-30(2)21-11-12-22(30)17-24(16-21)36-28(32)29(33,25-9-5-13-37-25)26-10-6-14-38-26;/h4-10,13-15,21-22,24,33H,3,11-12,16-19H2,1-2H3;1H/q+1;/p-1/t21-,22+,24?,30?;. The summed E-state index contributed by atoms with van der Waals surface area (Å²) in [6, 6.07) is 15.9. The van der Waals surface area contributed by atoms with Gasteiger partial charge >= 0.3 is 11.9 Å². The third-order valence-electron chi connectivity index (χ3n) is 7.98. The normalized spacial score (nSPS) is 24.0. The molecule has 2 unspecified atom stereocenters. The second-order valence-corrected chi connectivity index (χ2v) is 12.2. The van der Waals surface area contributed by atoms with Gasteiger partial charge in [0.05, 0.1) is 35.5 Å². The minimum absolute atomic E-state index is 0. The van der Waals surface area contributed by atoms with Crippen LogP contribution in [0.15, 0.2) is 59.3 Å². The Bertz CT molecular complexity index is 1200. The molecule has 2 aromatic heterocycles. The first kappa shape index (κ1) is 29.7. The molecule has 1 aromatic carbocycles. The van der Waals surface area contributed by atoms with E-state index in [1.165, 1.54) is 22.7 Å². The summed E-state index contributed by atoms with van der Waals surface area (Å²) in [6.45, 7) is 2.83. The first-order valence-electron chi connectivity index (χ1n) is 13.1. The van der Waals surface area contributed by atoms with Gasteiger partial charge in [-0.1, -0.05) is 24.3 Å². The number of rotatable bonds is 10. The summed E-state index contributed by atoms with van der Waals surface area (Å²) < 4.78 is 17.6. The lowest BCUT2D eigenvalue weighted by molar-refractivity contribution is -0.961. The van der Waals surface area contributed by atoms with E-state index in [0.717, 1.165) is 42.3 Å². The van der Waals surface area contributed by atoms with Gasteiger partial charge in [-0.25, -0.2) is 9.59 Å². The van der Waals surface area contributed by atoms with Crippen molar-refractivity contribution in [1.82, 2.24) is 0 Å². The van der Waals surface area contributed by atoms with Crippen LogP contribution in [0.3, 0.4) is 0 Å². The highest BCUT2D eigenvalue weighted by Crippen LogP contribution is 2.45. The van der Waals surface area contributed by atoms with Crippen molar-refractivity contribution in [2.75, 3.05) is 20.3 Å². The third kappa shape index (κ3) is 6.10. The molecule has 0 amide bonds. The lowest BCUT2D eigenvalue weighted by atomic mass is 9.94. The molecule has 0 spiro atoms. The Labute approximate surface area is 247 Å². The molecule has 2 saturated heterocycles. The monoisotopic (exact) mass is 635 g/mol. The number of fused-ring (bicyclic) bond motifs is 2.